The summed E-state index contributed by atoms with van der Waals surface area (Å²) in [6.07, 6.45) is 3.28. The Labute approximate surface area is 188 Å². The average molecular weight is 433 g/mol. The molecule has 2 amide bonds. The number of anilines is 1. The SMILES string of the molecule is CSCCC(NC(=O)c1ccccc1C)C(=O)Nc1ccccc1Cc1ccccc1. The van der Waals surface area contributed by atoms with Crippen LogP contribution in [-0.4, -0.2) is 29.9 Å². The van der Waals surface area contributed by atoms with Crippen LogP contribution in [0.5, 0.6) is 0 Å². The first-order valence-electron chi connectivity index (χ1n) is 10.4. The minimum atomic E-state index is -0.607. The van der Waals surface area contributed by atoms with Crippen molar-refractivity contribution in [3.63, 3.8) is 0 Å². The van der Waals surface area contributed by atoms with Gasteiger partial charge in [0.2, 0.25) is 5.91 Å². The molecule has 0 saturated heterocycles. The van der Waals surface area contributed by atoms with Gasteiger partial charge in [-0.25, -0.2) is 0 Å². The quantitative estimate of drug-likeness (QED) is 0.496. The normalized spacial score (nSPS) is 11.5. The molecule has 0 aliphatic rings. The lowest BCUT2D eigenvalue weighted by molar-refractivity contribution is -0.118. The Hall–Kier alpha value is -3.05. The fourth-order valence-electron chi connectivity index (χ4n) is 3.40. The Kier molecular flexibility index (Phi) is 8.30. The van der Waals surface area contributed by atoms with Gasteiger partial charge in [0.1, 0.15) is 6.04 Å². The topological polar surface area (TPSA) is 58.2 Å². The van der Waals surface area contributed by atoms with Gasteiger partial charge in [-0.1, -0.05) is 66.7 Å². The van der Waals surface area contributed by atoms with Crippen LogP contribution in [0, 0.1) is 6.92 Å². The first-order chi connectivity index (χ1) is 15.1. The van der Waals surface area contributed by atoms with Crippen molar-refractivity contribution in [1.82, 2.24) is 5.32 Å². The number of nitrogens with one attached hydrogen (secondary N) is 2. The zero-order valence-electron chi connectivity index (χ0n) is 17.9. The van der Waals surface area contributed by atoms with Crippen LogP contribution in [0.2, 0.25) is 0 Å². The number of hydrogen-bond acceptors (Lipinski definition) is 3. The molecule has 3 aromatic carbocycles. The fraction of sp³-hybridized carbons (Fsp3) is 0.231. The van der Waals surface area contributed by atoms with Crippen molar-refractivity contribution in [2.75, 3.05) is 17.3 Å². The van der Waals surface area contributed by atoms with Gasteiger partial charge in [-0.3, -0.25) is 9.59 Å². The highest BCUT2D eigenvalue weighted by Gasteiger charge is 2.22. The zero-order valence-corrected chi connectivity index (χ0v) is 18.7. The van der Waals surface area contributed by atoms with Crippen LogP contribution in [0.15, 0.2) is 78.9 Å². The first-order valence-corrected chi connectivity index (χ1v) is 11.8. The molecule has 0 saturated carbocycles. The molecule has 3 aromatic rings. The third-order valence-corrected chi connectivity index (χ3v) is 5.78. The van der Waals surface area contributed by atoms with Gasteiger partial charge in [0.05, 0.1) is 0 Å². The molecule has 160 valence electrons. The van der Waals surface area contributed by atoms with E-state index in [0.29, 0.717) is 12.0 Å². The molecule has 1 unspecified atom stereocenters. The van der Waals surface area contributed by atoms with E-state index >= 15 is 0 Å². The maximum Gasteiger partial charge on any atom is 0.252 e. The summed E-state index contributed by atoms with van der Waals surface area (Å²) in [7, 11) is 0. The van der Waals surface area contributed by atoms with E-state index in [0.717, 1.165) is 29.0 Å². The van der Waals surface area contributed by atoms with Crippen molar-refractivity contribution in [2.45, 2.75) is 25.8 Å². The standard InChI is InChI=1S/C26H28N2O2S/c1-19-10-6-8-14-22(19)25(29)28-24(16-17-31-2)26(30)27-23-15-9-7-13-21(23)18-20-11-4-3-5-12-20/h3-15,24H,16-18H2,1-2H3,(H,27,30)(H,28,29). The molecule has 0 spiro atoms. The third kappa shape index (κ3) is 6.46. The molecule has 1 atom stereocenters. The van der Waals surface area contributed by atoms with Gasteiger partial charge in [-0.15, -0.1) is 0 Å². The lowest BCUT2D eigenvalue weighted by Gasteiger charge is -2.20. The molecule has 3 rings (SSSR count). The number of thioether (sulfide) groups is 1. The molecule has 0 aromatic heterocycles. The summed E-state index contributed by atoms with van der Waals surface area (Å²) in [6, 6.07) is 24.8. The van der Waals surface area contributed by atoms with Crippen LogP contribution in [0.1, 0.15) is 33.5 Å². The van der Waals surface area contributed by atoms with Gasteiger partial charge < -0.3 is 10.6 Å². The minimum absolute atomic E-state index is 0.198. The molecule has 2 N–H and O–H groups in total. The lowest BCUT2D eigenvalue weighted by atomic mass is 10.0. The lowest BCUT2D eigenvalue weighted by Crippen LogP contribution is -2.44. The number of carbonyl (C=O) groups is 2. The summed E-state index contributed by atoms with van der Waals surface area (Å²) in [4.78, 5) is 25.9. The van der Waals surface area contributed by atoms with Crippen molar-refractivity contribution >= 4 is 29.3 Å². The molecule has 4 nitrogen and oxygen atoms in total. The van der Waals surface area contributed by atoms with E-state index in [9.17, 15) is 9.59 Å². The number of aryl methyl sites for hydroxylation is 1. The van der Waals surface area contributed by atoms with Gasteiger partial charge >= 0.3 is 0 Å². The van der Waals surface area contributed by atoms with Crippen LogP contribution in [0.25, 0.3) is 0 Å². The van der Waals surface area contributed by atoms with E-state index in [-0.39, 0.29) is 11.8 Å². The summed E-state index contributed by atoms with van der Waals surface area (Å²) in [5.74, 6) is 0.353. The number of benzene rings is 3. The molecule has 0 fully saturated rings. The van der Waals surface area contributed by atoms with E-state index < -0.39 is 6.04 Å². The Morgan fingerprint density at radius 3 is 2.32 bits per heavy atom. The molecule has 5 heteroatoms. The number of para-hydroxylation sites is 1. The Bertz CT molecular complexity index is 1020. The summed E-state index contributed by atoms with van der Waals surface area (Å²) < 4.78 is 0. The summed E-state index contributed by atoms with van der Waals surface area (Å²) in [5.41, 5.74) is 4.47. The Morgan fingerprint density at radius 1 is 0.903 bits per heavy atom. The molecule has 0 radical (unpaired) electrons. The average Bonchev–Trinajstić information content (AvgIpc) is 2.78. The van der Waals surface area contributed by atoms with Gasteiger partial charge in [0.25, 0.3) is 5.91 Å². The highest BCUT2D eigenvalue weighted by molar-refractivity contribution is 7.98. The number of rotatable bonds is 9. The van der Waals surface area contributed by atoms with Gasteiger partial charge in [-0.05, 0) is 60.6 Å². The molecular formula is C26H28N2O2S. The number of carbonyl (C=O) groups excluding carboxylic acids is 2. The molecule has 0 bridgehead atoms. The molecule has 31 heavy (non-hydrogen) atoms. The van der Waals surface area contributed by atoms with Crippen molar-refractivity contribution in [3.8, 4) is 0 Å². The van der Waals surface area contributed by atoms with Crippen LogP contribution in [0.4, 0.5) is 5.69 Å². The van der Waals surface area contributed by atoms with Crippen LogP contribution < -0.4 is 10.6 Å². The van der Waals surface area contributed by atoms with E-state index in [2.05, 4.69) is 22.8 Å². The fourth-order valence-corrected chi connectivity index (χ4v) is 3.87. The number of hydrogen-bond donors (Lipinski definition) is 2. The molecule has 0 aliphatic carbocycles. The first kappa shape index (κ1) is 22.6. The van der Waals surface area contributed by atoms with Crippen LogP contribution in [-0.2, 0) is 11.2 Å². The van der Waals surface area contributed by atoms with E-state index in [4.69, 9.17) is 0 Å². The summed E-state index contributed by atoms with van der Waals surface area (Å²) in [5, 5.41) is 5.98. The summed E-state index contributed by atoms with van der Waals surface area (Å²) >= 11 is 1.65. The van der Waals surface area contributed by atoms with E-state index in [1.54, 1.807) is 17.8 Å². The monoisotopic (exact) mass is 432 g/mol. The molecular weight excluding hydrogens is 404 g/mol. The third-order valence-electron chi connectivity index (χ3n) is 5.13. The van der Waals surface area contributed by atoms with Gasteiger partial charge in [-0.2, -0.15) is 11.8 Å². The minimum Gasteiger partial charge on any atom is -0.340 e. The molecule has 0 heterocycles. The maximum absolute atomic E-state index is 13.1. The van der Waals surface area contributed by atoms with Crippen LogP contribution >= 0.6 is 11.8 Å². The van der Waals surface area contributed by atoms with Crippen molar-refractivity contribution in [2.24, 2.45) is 0 Å². The zero-order chi connectivity index (χ0) is 22.1. The highest BCUT2D eigenvalue weighted by atomic mass is 32.2. The summed E-state index contributed by atoms with van der Waals surface area (Å²) in [6.45, 7) is 1.89. The smallest absolute Gasteiger partial charge is 0.252 e. The number of amides is 2. The van der Waals surface area contributed by atoms with Crippen LogP contribution in [0.3, 0.4) is 0 Å². The maximum atomic E-state index is 13.1. The second kappa shape index (κ2) is 11.4. The largest absolute Gasteiger partial charge is 0.340 e. The predicted molar refractivity (Wildman–Crippen MR) is 130 cm³/mol. The van der Waals surface area contributed by atoms with Gasteiger partial charge in [0.15, 0.2) is 0 Å². The van der Waals surface area contributed by atoms with E-state index in [1.807, 2.05) is 73.8 Å². The molecule has 0 aliphatic heterocycles. The van der Waals surface area contributed by atoms with Crippen molar-refractivity contribution in [3.05, 3.63) is 101 Å². The second-order valence-corrected chi connectivity index (χ2v) is 8.42. The van der Waals surface area contributed by atoms with Crippen molar-refractivity contribution < 1.29 is 9.59 Å². The highest BCUT2D eigenvalue weighted by Crippen LogP contribution is 2.20. The predicted octanol–water partition coefficient (Wildman–Crippen LogP) is 5.08. The Morgan fingerprint density at radius 2 is 1.58 bits per heavy atom. The van der Waals surface area contributed by atoms with Gasteiger partial charge in [0, 0.05) is 11.3 Å². The Balaban J connectivity index is 1.75. The van der Waals surface area contributed by atoms with E-state index in [1.165, 1.54) is 5.56 Å². The van der Waals surface area contributed by atoms with Crippen molar-refractivity contribution in [1.29, 1.82) is 0 Å². The second-order valence-electron chi connectivity index (χ2n) is 7.43.